The predicted octanol–water partition coefficient (Wildman–Crippen LogP) is 3.62. The molecule has 3 nitrogen and oxygen atoms in total. The third-order valence-corrected chi connectivity index (χ3v) is 3.34. The maximum Gasteiger partial charge on any atom is 0.125 e. The van der Waals surface area contributed by atoms with Gasteiger partial charge < -0.3 is 5.11 Å². The van der Waals surface area contributed by atoms with Gasteiger partial charge >= 0.3 is 0 Å². The Labute approximate surface area is 119 Å². The molecule has 2 aromatic rings. The second-order valence-electron chi connectivity index (χ2n) is 4.92. The van der Waals surface area contributed by atoms with E-state index in [1.165, 1.54) is 0 Å². The number of nitrogens with zero attached hydrogens (tertiary/aromatic N) is 1. The van der Waals surface area contributed by atoms with Gasteiger partial charge in [0.05, 0.1) is 6.07 Å². The van der Waals surface area contributed by atoms with Gasteiger partial charge in [-0.15, -0.1) is 0 Å². The lowest BCUT2D eigenvalue weighted by Gasteiger charge is -2.20. The highest BCUT2D eigenvalue weighted by Gasteiger charge is 2.17. The molecular weight excluding hydrogens is 248 g/mol. The number of nitrogens with one attached hydrogen (secondary N) is 1. The number of hydrogen-bond donors (Lipinski definition) is 2. The van der Waals surface area contributed by atoms with Crippen molar-refractivity contribution in [2.45, 2.75) is 25.9 Å². The number of aryl methyl sites for hydroxylation is 1. The molecule has 0 aromatic heterocycles. The van der Waals surface area contributed by atoms with Gasteiger partial charge in [0.2, 0.25) is 0 Å². The van der Waals surface area contributed by atoms with Crippen LogP contribution in [0.15, 0.2) is 48.5 Å². The highest BCUT2D eigenvalue weighted by Crippen LogP contribution is 2.27. The summed E-state index contributed by atoms with van der Waals surface area (Å²) < 4.78 is 0. The molecule has 3 heteroatoms. The molecule has 102 valence electrons. The van der Waals surface area contributed by atoms with Gasteiger partial charge in [0, 0.05) is 11.6 Å². The SMILES string of the molecule is Cc1ccc(O)c(C(C#N)NC(C)c2ccccc2)c1. The second kappa shape index (κ2) is 6.23. The van der Waals surface area contributed by atoms with E-state index in [4.69, 9.17) is 0 Å². The first-order valence-corrected chi connectivity index (χ1v) is 6.62. The molecule has 0 aliphatic rings. The molecule has 0 saturated heterocycles. The first-order chi connectivity index (χ1) is 9.61. The summed E-state index contributed by atoms with van der Waals surface area (Å²) in [6.45, 7) is 3.95. The molecule has 20 heavy (non-hydrogen) atoms. The van der Waals surface area contributed by atoms with Gasteiger partial charge in [0.25, 0.3) is 0 Å². The van der Waals surface area contributed by atoms with E-state index < -0.39 is 6.04 Å². The standard InChI is InChI=1S/C17H18N2O/c1-12-8-9-17(20)15(10-12)16(11-18)19-13(2)14-6-4-3-5-7-14/h3-10,13,16,19-20H,1-2H3. The molecule has 2 N–H and O–H groups in total. The third-order valence-electron chi connectivity index (χ3n) is 3.34. The summed E-state index contributed by atoms with van der Waals surface area (Å²) in [6, 6.07) is 16.9. The van der Waals surface area contributed by atoms with Gasteiger partial charge in [-0.1, -0.05) is 42.0 Å². The van der Waals surface area contributed by atoms with E-state index >= 15 is 0 Å². The number of benzene rings is 2. The molecule has 0 radical (unpaired) electrons. The van der Waals surface area contributed by atoms with E-state index in [-0.39, 0.29) is 11.8 Å². The molecule has 0 aliphatic carbocycles. The highest BCUT2D eigenvalue weighted by molar-refractivity contribution is 5.40. The third kappa shape index (κ3) is 3.17. The van der Waals surface area contributed by atoms with Crippen LogP contribution < -0.4 is 5.32 Å². The Balaban J connectivity index is 2.22. The van der Waals surface area contributed by atoms with Crippen molar-refractivity contribution in [3.05, 3.63) is 65.2 Å². The first kappa shape index (κ1) is 14.1. The molecule has 2 unspecified atom stereocenters. The topological polar surface area (TPSA) is 56.0 Å². The Morgan fingerprint density at radius 2 is 1.85 bits per heavy atom. The molecule has 0 bridgehead atoms. The van der Waals surface area contributed by atoms with Gasteiger partial charge in [-0.05, 0) is 31.5 Å². The summed E-state index contributed by atoms with van der Waals surface area (Å²) in [4.78, 5) is 0. The van der Waals surface area contributed by atoms with Gasteiger partial charge in [0.1, 0.15) is 11.8 Å². The summed E-state index contributed by atoms with van der Waals surface area (Å²) in [5.41, 5.74) is 2.75. The van der Waals surface area contributed by atoms with E-state index in [0.29, 0.717) is 5.56 Å². The van der Waals surface area contributed by atoms with Crippen molar-refractivity contribution in [2.75, 3.05) is 0 Å². The first-order valence-electron chi connectivity index (χ1n) is 6.62. The van der Waals surface area contributed by atoms with E-state index in [9.17, 15) is 10.4 Å². The highest BCUT2D eigenvalue weighted by atomic mass is 16.3. The van der Waals surface area contributed by atoms with Crippen molar-refractivity contribution in [1.29, 1.82) is 5.26 Å². The minimum Gasteiger partial charge on any atom is -0.508 e. The summed E-state index contributed by atoms with van der Waals surface area (Å²) in [5.74, 6) is 0.148. The summed E-state index contributed by atoms with van der Waals surface area (Å²) in [6.07, 6.45) is 0. The molecule has 0 heterocycles. The number of aromatic hydroxyl groups is 1. The van der Waals surface area contributed by atoms with E-state index in [2.05, 4.69) is 11.4 Å². The van der Waals surface area contributed by atoms with Crippen LogP contribution in [0.5, 0.6) is 5.75 Å². The minimum atomic E-state index is -0.537. The van der Waals surface area contributed by atoms with Crippen molar-refractivity contribution in [2.24, 2.45) is 0 Å². The lowest BCUT2D eigenvalue weighted by atomic mass is 10.0. The van der Waals surface area contributed by atoms with Crippen LogP contribution in [0.25, 0.3) is 0 Å². The Morgan fingerprint density at radius 3 is 2.50 bits per heavy atom. The molecule has 0 fully saturated rings. The monoisotopic (exact) mass is 266 g/mol. The van der Waals surface area contributed by atoms with Crippen molar-refractivity contribution < 1.29 is 5.11 Å². The van der Waals surface area contributed by atoms with Crippen molar-refractivity contribution in [3.8, 4) is 11.8 Å². The van der Waals surface area contributed by atoms with Crippen LogP contribution in [0.2, 0.25) is 0 Å². The quantitative estimate of drug-likeness (QED) is 0.888. The Morgan fingerprint density at radius 1 is 1.15 bits per heavy atom. The summed E-state index contributed by atoms with van der Waals surface area (Å²) in [7, 11) is 0. The number of hydrogen-bond acceptors (Lipinski definition) is 3. The molecule has 2 rings (SSSR count). The van der Waals surface area contributed by atoms with Crippen LogP contribution >= 0.6 is 0 Å². The summed E-state index contributed by atoms with van der Waals surface area (Å²) in [5, 5.41) is 22.5. The van der Waals surface area contributed by atoms with Crippen LogP contribution in [0.4, 0.5) is 0 Å². The zero-order valence-electron chi connectivity index (χ0n) is 11.7. The average molecular weight is 266 g/mol. The molecule has 0 saturated carbocycles. The summed E-state index contributed by atoms with van der Waals surface area (Å²) >= 11 is 0. The zero-order valence-corrected chi connectivity index (χ0v) is 11.7. The largest absolute Gasteiger partial charge is 0.508 e. The lowest BCUT2D eigenvalue weighted by Crippen LogP contribution is -2.23. The fraction of sp³-hybridized carbons (Fsp3) is 0.235. The van der Waals surface area contributed by atoms with Gasteiger partial charge in [-0.25, -0.2) is 0 Å². The van der Waals surface area contributed by atoms with Crippen molar-refractivity contribution in [1.82, 2.24) is 5.32 Å². The van der Waals surface area contributed by atoms with Crippen molar-refractivity contribution >= 4 is 0 Å². The molecule has 2 atom stereocenters. The number of phenolic OH excluding ortho intramolecular Hbond substituents is 1. The Hall–Kier alpha value is -2.31. The molecule has 2 aromatic carbocycles. The van der Waals surface area contributed by atoms with Crippen molar-refractivity contribution in [3.63, 3.8) is 0 Å². The number of rotatable bonds is 4. The predicted molar refractivity (Wildman–Crippen MR) is 79.2 cm³/mol. The molecule has 0 aliphatic heterocycles. The van der Waals surface area contributed by atoms with Crippen LogP contribution in [-0.4, -0.2) is 5.11 Å². The van der Waals surface area contributed by atoms with E-state index in [1.54, 1.807) is 6.07 Å². The average Bonchev–Trinajstić information content (AvgIpc) is 2.48. The second-order valence-corrected chi connectivity index (χ2v) is 4.92. The fourth-order valence-electron chi connectivity index (χ4n) is 2.19. The van der Waals surface area contributed by atoms with E-state index in [0.717, 1.165) is 11.1 Å². The Kier molecular flexibility index (Phi) is 4.39. The van der Waals surface area contributed by atoms with Gasteiger partial charge in [0.15, 0.2) is 0 Å². The van der Waals surface area contributed by atoms with Gasteiger partial charge in [-0.3, -0.25) is 5.32 Å². The zero-order chi connectivity index (χ0) is 14.5. The maximum absolute atomic E-state index is 9.93. The van der Waals surface area contributed by atoms with Crippen LogP contribution in [0, 0.1) is 18.3 Å². The number of nitriles is 1. The minimum absolute atomic E-state index is 0.0285. The fourth-order valence-corrected chi connectivity index (χ4v) is 2.19. The maximum atomic E-state index is 9.93. The van der Waals surface area contributed by atoms with Crippen LogP contribution in [0.3, 0.4) is 0 Å². The normalized spacial score (nSPS) is 13.4. The van der Waals surface area contributed by atoms with E-state index in [1.807, 2.05) is 56.3 Å². The van der Waals surface area contributed by atoms with Crippen LogP contribution in [-0.2, 0) is 0 Å². The smallest absolute Gasteiger partial charge is 0.125 e. The van der Waals surface area contributed by atoms with Crippen LogP contribution in [0.1, 0.15) is 35.7 Å². The number of phenols is 1. The molecular formula is C17H18N2O. The molecule has 0 spiro atoms. The Bertz CT molecular complexity index is 617. The van der Waals surface area contributed by atoms with Gasteiger partial charge in [-0.2, -0.15) is 5.26 Å². The lowest BCUT2D eigenvalue weighted by molar-refractivity contribution is 0.451. The molecule has 0 amide bonds.